The molecule has 7 heteroatoms. The SMILES string of the molecule is [As-3].[Ga+3].[Ga+3].[O-]P([O-])[O-]. The molecule has 0 aromatic carbocycles. The van der Waals surface area contributed by atoms with Gasteiger partial charge in [0, 0.05) is 0 Å². The molecule has 0 aliphatic carbocycles. The van der Waals surface area contributed by atoms with E-state index in [0.717, 1.165) is 0 Å². The van der Waals surface area contributed by atoms with Gasteiger partial charge in [0.2, 0.25) is 0 Å². The van der Waals surface area contributed by atoms with Gasteiger partial charge in [0.1, 0.15) is 0 Å². The monoisotopic (exact) mass is 292 g/mol. The summed E-state index contributed by atoms with van der Waals surface area (Å²) in [5.74, 6) is 0. The van der Waals surface area contributed by atoms with E-state index in [4.69, 9.17) is 14.7 Å². The second kappa shape index (κ2) is 15.7. The van der Waals surface area contributed by atoms with Crippen molar-refractivity contribution in [1.82, 2.24) is 0 Å². The van der Waals surface area contributed by atoms with Crippen molar-refractivity contribution >= 4 is 66.1 Å². The molecule has 0 aliphatic heterocycles. The zero-order valence-electron chi connectivity index (χ0n) is 3.27. The second-order valence-corrected chi connectivity index (χ2v) is 0.671. The van der Waals surface area contributed by atoms with Crippen molar-refractivity contribution in [1.29, 1.82) is 0 Å². The van der Waals surface area contributed by atoms with E-state index < -0.39 is 8.60 Å². The molecule has 0 saturated carbocycles. The zero-order chi connectivity index (χ0) is 3.58. The maximum Gasteiger partial charge on any atom is 3.00 e. The van der Waals surface area contributed by atoms with Crippen LogP contribution in [0.2, 0.25) is 0 Å². The molecular formula is AsGa2O3P. The van der Waals surface area contributed by atoms with Gasteiger partial charge in [-0.05, 0) is 0 Å². The standard InChI is InChI=1S/As.2Ga.O3P/c;;;1-4(2)3/q-3;2*+3;-3. The molecule has 0 fully saturated rings. The van der Waals surface area contributed by atoms with E-state index in [0.29, 0.717) is 0 Å². The van der Waals surface area contributed by atoms with E-state index in [2.05, 4.69) is 0 Å². The normalized spacial score (nSPS) is 5.14. The van der Waals surface area contributed by atoms with Crippen LogP contribution >= 0.6 is 8.60 Å². The van der Waals surface area contributed by atoms with Gasteiger partial charge in [-0.3, -0.25) is 0 Å². The first kappa shape index (κ1) is 22.9. The molecular weight excluding hydrogens is 293 g/mol. The van der Waals surface area contributed by atoms with Gasteiger partial charge in [-0.2, -0.15) is 0 Å². The number of hydrogen-bond donors (Lipinski definition) is 0. The fourth-order valence-corrected chi connectivity index (χ4v) is 0. The van der Waals surface area contributed by atoms with Crippen LogP contribution in [0.5, 0.6) is 0 Å². The van der Waals surface area contributed by atoms with Gasteiger partial charge in [-0.15, -0.1) is 0 Å². The van der Waals surface area contributed by atoms with Crippen LogP contribution in [0.3, 0.4) is 0 Å². The van der Waals surface area contributed by atoms with E-state index in [1.165, 1.54) is 0 Å². The van der Waals surface area contributed by atoms with Gasteiger partial charge in [0.25, 0.3) is 0 Å². The van der Waals surface area contributed by atoms with Gasteiger partial charge < -0.3 is 41.2 Å². The fraction of sp³-hybridized carbons (Fsp3) is 0. The molecule has 0 rings (SSSR count). The van der Waals surface area contributed by atoms with Gasteiger partial charge >= 0.3 is 39.6 Å². The van der Waals surface area contributed by atoms with E-state index >= 15 is 0 Å². The molecule has 0 aliphatic rings. The van der Waals surface area contributed by atoms with E-state index in [1.54, 1.807) is 0 Å². The molecule has 0 bridgehead atoms. The van der Waals surface area contributed by atoms with Crippen LogP contribution in [0, 0.1) is 0 Å². The average Bonchev–Trinajstić information content (AvgIpc) is 0.811. The van der Waals surface area contributed by atoms with Crippen LogP contribution in [-0.2, 0) is 0 Å². The van der Waals surface area contributed by atoms with Gasteiger partial charge in [0.05, 0.1) is 0 Å². The van der Waals surface area contributed by atoms with E-state index in [-0.39, 0.29) is 57.5 Å². The third kappa shape index (κ3) is 67.0. The van der Waals surface area contributed by atoms with Crippen LogP contribution in [-0.4, -0.2) is 57.5 Å². The van der Waals surface area contributed by atoms with Crippen molar-refractivity contribution in [2.45, 2.75) is 0 Å². The topological polar surface area (TPSA) is 69.2 Å². The predicted molar refractivity (Wildman–Crippen MR) is 24.2 cm³/mol. The van der Waals surface area contributed by atoms with Gasteiger partial charge in [-0.25, -0.2) is 0 Å². The molecule has 7 heavy (non-hydrogen) atoms. The molecule has 0 aromatic heterocycles. The molecule has 0 atom stereocenters. The maximum atomic E-state index is 8.48. The van der Waals surface area contributed by atoms with E-state index in [1.807, 2.05) is 0 Å². The Hall–Kier alpha value is 2.14. The Kier molecular flexibility index (Phi) is 51.4. The van der Waals surface area contributed by atoms with Crippen molar-refractivity contribution in [2.24, 2.45) is 0 Å². The predicted octanol–water partition coefficient (Wildman–Crippen LogP) is -3.85. The first-order chi connectivity index (χ1) is 1.73. The van der Waals surface area contributed by atoms with Crippen molar-refractivity contribution < 1.29 is 14.7 Å². The van der Waals surface area contributed by atoms with Gasteiger partial charge in [0.15, 0.2) is 0 Å². The summed E-state index contributed by atoms with van der Waals surface area (Å²) in [6, 6.07) is 0. The van der Waals surface area contributed by atoms with Crippen molar-refractivity contribution in [3.8, 4) is 0 Å². The van der Waals surface area contributed by atoms with Crippen LogP contribution in [0.15, 0.2) is 0 Å². The molecule has 0 radical (unpaired) electrons. The Labute approximate surface area is 80.3 Å². The Bertz CT molecular complexity index is 17.7. The Balaban J connectivity index is -0.0000000150. The molecule has 3 nitrogen and oxygen atoms in total. The first-order valence-corrected chi connectivity index (χ1v) is 1.64. The molecule has 0 heterocycles. The average molecular weight is 293 g/mol. The summed E-state index contributed by atoms with van der Waals surface area (Å²) in [5.41, 5.74) is 0. The molecule has 0 N–H and O–H groups in total. The zero-order valence-corrected chi connectivity index (χ0v) is 10.9. The largest absolute Gasteiger partial charge is 3.00 e. The minimum Gasteiger partial charge on any atom is -3.00 e. The molecule has 0 amide bonds. The van der Waals surface area contributed by atoms with E-state index in [9.17, 15) is 0 Å². The summed E-state index contributed by atoms with van der Waals surface area (Å²) in [6.45, 7) is 0. The molecule has 0 unspecified atom stereocenters. The number of rotatable bonds is 0. The Morgan fingerprint density at radius 1 is 0.857 bits per heavy atom. The third-order valence-corrected chi connectivity index (χ3v) is 0. The van der Waals surface area contributed by atoms with Gasteiger partial charge in [-0.1, -0.05) is 0 Å². The minimum atomic E-state index is -3.37. The molecule has 0 aromatic rings. The van der Waals surface area contributed by atoms with Crippen LogP contribution in [0.4, 0.5) is 0 Å². The minimum absolute atomic E-state index is 0. The quantitative estimate of drug-likeness (QED) is 0.339. The van der Waals surface area contributed by atoms with Crippen LogP contribution in [0.25, 0.3) is 0 Å². The molecule has 34 valence electrons. The summed E-state index contributed by atoms with van der Waals surface area (Å²) in [6.07, 6.45) is 0. The fourth-order valence-electron chi connectivity index (χ4n) is 0. The van der Waals surface area contributed by atoms with Crippen molar-refractivity contribution in [2.75, 3.05) is 0 Å². The maximum absolute atomic E-state index is 8.48. The Morgan fingerprint density at radius 2 is 0.857 bits per heavy atom. The summed E-state index contributed by atoms with van der Waals surface area (Å²) >= 11 is 0. The summed E-state index contributed by atoms with van der Waals surface area (Å²) in [5, 5.41) is 0. The molecule has 0 spiro atoms. The van der Waals surface area contributed by atoms with Crippen LogP contribution in [0.1, 0.15) is 0 Å². The third-order valence-electron chi connectivity index (χ3n) is 0. The smallest absolute Gasteiger partial charge is 3.00 e. The summed E-state index contributed by atoms with van der Waals surface area (Å²) in [4.78, 5) is 25.4. The number of hydrogen-bond acceptors (Lipinski definition) is 3. The summed E-state index contributed by atoms with van der Waals surface area (Å²) in [7, 11) is -3.37. The van der Waals surface area contributed by atoms with Crippen molar-refractivity contribution in [3.63, 3.8) is 0 Å². The first-order valence-electron chi connectivity index (χ1n) is 0.548. The van der Waals surface area contributed by atoms with Crippen molar-refractivity contribution in [3.05, 3.63) is 0 Å². The molecule has 0 saturated heterocycles. The van der Waals surface area contributed by atoms with Crippen LogP contribution < -0.4 is 14.7 Å². The second-order valence-electron chi connectivity index (χ2n) is 0.224. The summed E-state index contributed by atoms with van der Waals surface area (Å²) < 4.78 is 0. The Morgan fingerprint density at radius 3 is 0.857 bits per heavy atom.